The predicted octanol–water partition coefficient (Wildman–Crippen LogP) is 6.54. The van der Waals surface area contributed by atoms with Crippen LogP contribution in [0.3, 0.4) is 0 Å². The van der Waals surface area contributed by atoms with Gasteiger partial charge in [0.15, 0.2) is 27.9 Å². The van der Waals surface area contributed by atoms with Gasteiger partial charge in [0.05, 0.1) is 10.9 Å². The van der Waals surface area contributed by atoms with Crippen molar-refractivity contribution < 1.29 is 45.0 Å². The number of benzene rings is 3. The summed E-state index contributed by atoms with van der Waals surface area (Å²) in [6.45, 7) is -3.41. The minimum atomic E-state index is -6.50. The van der Waals surface area contributed by atoms with Gasteiger partial charge in [0, 0.05) is 0 Å². The lowest BCUT2D eigenvalue weighted by Gasteiger charge is -2.27. The van der Waals surface area contributed by atoms with Gasteiger partial charge in [0.25, 0.3) is 0 Å². The molecule has 0 aliphatic rings. The Balaban J connectivity index is 1.63. The average Bonchev–Trinajstić information content (AvgIpc) is 2.83. The third kappa shape index (κ3) is 6.27. The van der Waals surface area contributed by atoms with Crippen LogP contribution in [0.1, 0.15) is 0 Å². The van der Waals surface area contributed by atoms with E-state index in [1.54, 1.807) is 12.1 Å². The molecule has 3 rings (SSSR count). The highest BCUT2D eigenvalue weighted by Crippen LogP contribution is 2.46. The highest BCUT2D eigenvalue weighted by atomic mass is 32.2. The molecule has 0 N–H and O–H groups in total. The van der Waals surface area contributed by atoms with Crippen LogP contribution in [0.5, 0.6) is 5.75 Å². The number of carbonyl (C=O) groups excluding carboxylic acids is 1. The molecule has 0 saturated heterocycles. The Morgan fingerprint density at radius 3 is 1.60 bits per heavy atom. The number of esters is 1. The smallest absolute Gasteiger partial charge is 0.460 e. The molecule has 0 bridgehead atoms. The number of hydrogen-bond donors (Lipinski definition) is 0. The van der Waals surface area contributed by atoms with E-state index in [4.69, 9.17) is 4.74 Å². The lowest BCUT2D eigenvalue weighted by atomic mass is 10.2. The summed E-state index contributed by atoms with van der Waals surface area (Å²) in [5.74, 6) is -13.4. The highest BCUT2D eigenvalue weighted by molar-refractivity contribution is 7.97. The van der Waals surface area contributed by atoms with Gasteiger partial charge in [-0.15, -0.1) is 0 Å². The molecule has 0 fully saturated rings. The molecule has 0 radical (unpaired) electrons. The first-order chi connectivity index (χ1) is 16.4. The summed E-state index contributed by atoms with van der Waals surface area (Å²) in [4.78, 5) is 14.6. The number of alkyl halides is 7. The molecule has 0 unspecified atom stereocenters. The normalized spacial score (nSPS) is 12.5. The zero-order chi connectivity index (χ0) is 25.7. The van der Waals surface area contributed by atoms with Crippen LogP contribution < -0.4 is 4.74 Å². The summed E-state index contributed by atoms with van der Waals surface area (Å²) in [5.41, 5.74) is 0. The molecule has 3 aromatic carbocycles. The van der Waals surface area contributed by atoms with Crippen LogP contribution in [-0.4, -0.2) is 37.2 Å². The summed E-state index contributed by atoms with van der Waals surface area (Å²) < 4.78 is 97.6. The van der Waals surface area contributed by atoms with Gasteiger partial charge in [-0.2, -0.15) is 30.7 Å². The number of hydrogen-bond acceptors (Lipinski definition) is 3. The first-order valence-electron chi connectivity index (χ1n) is 9.97. The third-order valence-corrected chi connectivity index (χ3v) is 6.83. The first kappa shape index (κ1) is 26.4. The van der Waals surface area contributed by atoms with Crippen molar-refractivity contribution in [3.05, 3.63) is 84.9 Å². The molecular weight excluding hydrogens is 501 g/mol. The maximum atomic E-state index is 13.2. The molecule has 35 heavy (non-hydrogen) atoms. The van der Waals surface area contributed by atoms with Crippen LogP contribution in [0, 0.1) is 0 Å². The van der Waals surface area contributed by atoms with E-state index in [1.807, 2.05) is 60.7 Å². The van der Waals surface area contributed by atoms with Gasteiger partial charge < -0.3 is 9.47 Å². The second-order valence-electron chi connectivity index (χ2n) is 7.13. The minimum Gasteiger partial charge on any atom is -0.482 e. The van der Waals surface area contributed by atoms with Crippen molar-refractivity contribution in [2.75, 3.05) is 13.2 Å². The van der Waals surface area contributed by atoms with Crippen molar-refractivity contribution in [1.29, 1.82) is 0 Å². The molecular formula is C24H18F7O3S+. The van der Waals surface area contributed by atoms with Gasteiger partial charge in [0.1, 0.15) is 5.75 Å². The first-order valence-corrected chi connectivity index (χ1v) is 11.2. The quantitative estimate of drug-likeness (QED) is 0.183. The van der Waals surface area contributed by atoms with Crippen LogP contribution in [0.15, 0.2) is 99.6 Å². The summed E-state index contributed by atoms with van der Waals surface area (Å²) in [5, 5.41) is 0. The molecule has 0 spiro atoms. The zero-order valence-corrected chi connectivity index (χ0v) is 18.6. The lowest BCUT2D eigenvalue weighted by molar-refractivity contribution is -0.359. The third-order valence-electron chi connectivity index (χ3n) is 4.60. The van der Waals surface area contributed by atoms with E-state index in [-0.39, 0.29) is 5.75 Å². The maximum Gasteiger partial charge on any atom is 0.460 e. The Labute approximate surface area is 198 Å². The number of halogens is 7. The number of ether oxygens (including phenoxy) is 2. The monoisotopic (exact) mass is 519 g/mol. The second kappa shape index (κ2) is 10.6. The zero-order valence-electron chi connectivity index (χ0n) is 17.8. The molecule has 0 atom stereocenters. The number of carbonyl (C=O) groups is 1. The van der Waals surface area contributed by atoms with E-state index in [0.29, 0.717) is 0 Å². The molecule has 0 saturated carbocycles. The molecule has 0 aliphatic heterocycles. The molecule has 3 aromatic rings. The molecule has 186 valence electrons. The van der Waals surface area contributed by atoms with Crippen LogP contribution in [-0.2, 0) is 20.4 Å². The standard InChI is InChI=1S/C24H18F7O3S/c25-22(26,23(27,28)24(29,30)31)16-34-21(32)15-33-17-11-13-20(14-12-17)35(18-7-3-1-4-8-18)19-9-5-2-6-10-19/h1-14H,15-16H2/q+1. The van der Waals surface area contributed by atoms with E-state index in [2.05, 4.69) is 4.74 Å². The fourth-order valence-electron chi connectivity index (χ4n) is 2.85. The summed E-state index contributed by atoms with van der Waals surface area (Å²) in [6, 6.07) is 25.9. The largest absolute Gasteiger partial charge is 0.482 e. The molecule has 0 amide bonds. The van der Waals surface area contributed by atoms with Crippen molar-refractivity contribution in [2.45, 2.75) is 32.7 Å². The highest BCUT2D eigenvalue weighted by Gasteiger charge is 2.73. The van der Waals surface area contributed by atoms with Crippen LogP contribution in [0.4, 0.5) is 30.7 Å². The predicted molar refractivity (Wildman–Crippen MR) is 114 cm³/mol. The van der Waals surface area contributed by atoms with Crippen molar-refractivity contribution in [2.24, 2.45) is 0 Å². The number of rotatable bonds is 9. The van der Waals surface area contributed by atoms with Crippen molar-refractivity contribution in [3.63, 3.8) is 0 Å². The van der Waals surface area contributed by atoms with Gasteiger partial charge >= 0.3 is 24.0 Å². The molecule has 0 heterocycles. The Morgan fingerprint density at radius 2 is 1.14 bits per heavy atom. The van der Waals surface area contributed by atoms with Crippen molar-refractivity contribution in [1.82, 2.24) is 0 Å². The molecule has 11 heteroatoms. The Bertz CT molecular complexity index is 1070. The molecule has 3 nitrogen and oxygen atoms in total. The van der Waals surface area contributed by atoms with Gasteiger partial charge in [-0.1, -0.05) is 36.4 Å². The SMILES string of the molecule is O=C(COc1ccc([S+](c2ccccc2)c2ccccc2)cc1)OCC(F)(F)C(F)(F)C(F)(F)F. The van der Waals surface area contributed by atoms with E-state index in [9.17, 15) is 35.5 Å². The van der Waals surface area contributed by atoms with E-state index < -0.39 is 48.1 Å². The van der Waals surface area contributed by atoms with E-state index in [1.165, 1.54) is 12.1 Å². The fourth-order valence-corrected chi connectivity index (χ4v) is 4.93. The lowest BCUT2D eigenvalue weighted by Crippen LogP contribution is -2.54. The van der Waals surface area contributed by atoms with E-state index >= 15 is 0 Å². The van der Waals surface area contributed by atoms with Crippen molar-refractivity contribution in [3.8, 4) is 5.75 Å². The molecule has 0 aromatic heterocycles. The summed E-state index contributed by atoms with van der Waals surface area (Å²) in [7, 11) is -0.458. The minimum absolute atomic E-state index is 0.141. The summed E-state index contributed by atoms with van der Waals surface area (Å²) >= 11 is 0. The topological polar surface area (TPSA) is 35.5 Å². The van der Waals surface area contributed by atoms with Gasteiger partial charge in [-0.3, -0.25) is 0 Å². The van der Waals surface area contributed by atoms with E-state index in [0.717, 1.165) is 14.7 Å². The van der Waals surface area contributed by atoms with Gasteiger partial charge in [0.2, 0.25) is 0 Å². The van der Waals surface area contributed by atoms with Crippen LogP contribution >= 0.6 is 0 Å². The summed E-state index contributed by atoms with van der Waals surface area (Å²) in [6.07, 6.45) is -6.50. The van der Waals surface area contributed by atoms with Crippen LogP contribution in [0.2, 0.25) is 0 Å². The van der Waals surface area contributed by atoms with Crippen molar-refractivity contribution >= 4 is 16.9 Å². The Hall–Kier alpha value is -3.21. The average molecular weight is 519 g/mol. The fraction of sp³-hybridized carbons (Fsp3) is 0.208. The van der Waals surface area contributed by atoms with Crippen LogP contribution in [0.25, 0.3) is 0 Å². The molecule has 0 aliphatic carbocycles. The Kier molecular flexibility index (Phi) is 7.99. The Morgan fingerprint density at radius 1 is 0.686 bits per heavy atom. The van der Waals surface area contributed by atoms with Gasteiger partial charge in [-0.05, 0) is 48.5 Å². The second-order valence-corrected chi connectivity index (χ2v) is 9.16. The van der Waals surface area contributed by atoms with Gasteiger partial charge in [-0.25, -0.2) is 4.79 Å². The maximum absolute atomic E-state index is 13.2.